The summed E-state index contributed by atoms with van der Waals surface area (Å²) in [5.74, 6) is 1.95. The molecule has 25 heavy (non-hydrogen) atoms. The Bertz CT molecular complexity index is 679. The van der Waals surface area contributed by atoms with Crippen molar-refractivity contribution in [2.45, 2.75) is 13.0 Å². The van der Waals surface area contributed by atoms with Gasteiger partial charge in [-0.15, -0.1) is 0 Å². The van der Waals surface area contributed by atoms with Crippen molar-refractivity contribution in [2.24, 2.45) is 0 Å². The number of piperazine rings is 1. The highest BCUT2D eigenvalue weighted by atomic mass is 16.5. The van der Waals surface area contributed by atoms with Crippen LogP contribution in [0.3, 0.4) is 0 Å². The van der Waals surface area contributed by atoms with Gasteiger partial charge in [-0.2, -0.15) is 0 Å². The molecule has 0 saturated carbocycles. The Labute approximate surface area is 148 Å². The first kappa shape index (κ1) is 17.4. The fraction of sp³-hybridized carbons (Fsp3) is 0.421. The number of nitrogens with zero attached hydrogens (tertiary/aromatic N) is 2. The lowest BCUT2D eigenvalue weighted by Gasteiger charge is -2.36. The van der Waals surface area contributed by atoms with Crippen molar-refractivity contribution in [1.82, 2.24) is 4.90 Å². The van der Waals surface area contributed by atoms with Crippen molar-refractivity contribution in [3.8, 4) is 5.75 Å². The van der Waals surface area contributed by atoms with Gasteiger partial charge in [-0.05, 0) is 31.2 Å². The third-order valence-corrected chi connectivity index (χ3v) is 4.70. The number of ether oxygens (including phenoxy) is 1. The summed E-state index contributed by atoms with van der Waals surface area (Å²) >= 11 is 0. The molecule has 2 N–H and O–H groups in total. The van der Waals surface area contributed by atoms with Crippen molar-refractivity contribution in [3.63, 3.8) is 0 Å². The van der Waals surface area contributed by atoms with Crippen molar-refractivity contribution in [3.05, 3.63) is 48.4 Å². The molecule has 3 rings (SSSR count). The monoisotopic (exact) mass is 344 g/mol. The van der Waals surface area contributed by atoms with Crippen LogP contribution in [-0.4, -0.2) is 50.6 Å². The molecule has 0 bridgehead atoms. The fourth-order valence-electron chi connectivity index (χ4n) is 3.16. The molecule has 1 atom stereocenters. The van der Waals surface area contributed by atoms with Crippen LogP contribution >= 0.6 is 0 Å². The number of methoxy groups -OCH3 is 1. The predicted molar refractivity (Wildman–Crippen MR) is 95.7 cm³/mol. The molecule has 2 aromatic rings. The zero-order valence-corrected chi connectivity index (χ0v) is 14.9. The molecule has 1 saturated heterocycles. The molecule has 1 aromatic heterocycles. The van der Waals surface area contributed by atoms with E-state index in [2.05, 4.69) is 11.0 Å². The molecule has 0 aliphatic carbocycles. The first-order valence-electron chi connectivity index (χ1n) is 8.71. The minimum absolute atomic E-state index is 0.147. The number of quaternary nitrogens is 1. The van der Waals surface area contributed by atoms with Gasteiger partial charge < -0.3 is 24.3 Å². The summed E-state index contributed by atoms with van der Waals surface area (Å²) in [6.07, 6.45) is 1.67. The van der Waals surface area contributed by atoms with E-state index >= 15 is 0 Å². The Balaban J connectivity index is 1.49. The standard InChI is InChI=1S/C19H25N3O3/c1-15(17-8-5-13-25-17)20-14-19(23)22-11-9-21(10-12-22)16-6-3-4-7-18(16)24-2/h3-8,13,15,20H,9-12,14H2,1-2H3/p+1/t15-/m0/s1. The normalized spacial score (nSPS) is 15.9. The van der Waals surface area contributed by atoms with Crippen molar-refractivity contribution in [1.29, 1.82) is 0 Å². The average Bonchev–Trinajstić information content (AvgIpc) is 3.21. The lowest BCUT2D eigenvalue weighted by atomic mass is 10.2. The van der Waals surface area contributed by atoms with Crippen LogP contribution in [0.25, 0.3) is 0 Å². The minimum Gasteiger partial charge on any atom is -0.495 e. The average molecular weight is 344 g/mol. The van der Waals surface area contributed by atoms with Gasteiger partial charge in [-0.3, -0.25) is 4.79 Å². The number of furan rings is 1. The lowest BCUT2D eigenvalue weighted by molar-refractivity contribution is -0.685. The van der Waals surface area contributed by atoms with E-state index in [1.807, 2.05) is 47.5 Å². The molecule has 0 unspecified atom stereocenters. The Morgan fingerprint density at radius 2 is 1.96 bits per heavy atom. The molecule has 1 aliphatic rings. The summed E-state index contributed by atoms with van der Waals surface area (Å²) in [6, 6.07) is 12.0. The fourth-order valence-corrected chi connectivity index (χ4v) is 3.16. The van der Waals surface area contributed by atoms with Crippen LogP contribution < -0.4 is 15.0 Å². The van der Waals surface area contributed by atoms with Crippen molar-refractivity contribution < 1.29 is 19.3 Å². The smallest absolute Gasteiger partial charge is 0.277 e. The number of hydrogen-bond donors (Lipinski definition) is 1. The van der Waals surface area contributed by atoms with Crippen LogP contribution in [0, 0.1) is 0 Å². The number of carbonyl (C=O) groups excluding carboxylic acids is 1. The topological polar surface area (TPSA) is 62.5 Å². The number of nitrogens with two attached hydrogens (primary N) is 1. The molecular formula is C19H26N3O3+. The third kappa shape index (κ3) is 4.14. The molecular weight excluding hydrogens is 318 g/mol. The van der Waals surface area contributed by atoms with Gasteiger partial charge in [0, 0.05) is 26.2 Å². The van der Waals surface area contributed by atoms with Crippen LogP contribution in [0.2, 0.25) is 0 Å². The number of rotatable bonds is 6. The van der Waals surface area contributed by atoms with E-state index in [0.29, 0.717) is 6.54 Å². The van der Waals surface area contributed by atoms with Crippen LogP contribution in [-0.2, 0) is 4.79 Å². The highest BCUT2D eigenvalue weighted by Crippen LogP contribution is 2.28. The Kier molecular flexibility index (Phi) is 5.60. The summed E-state index contributed by atoms with van der Waals surface area (Å²) in [6.45, 7) is 5.60. The van der Waals surface area contributed by atoms with Crippen LogP contribution in [0.15, 0.2) is 47.1 Å². The molecule has 0 radical (unpaired) electrons. The molecule has 1 aliphatic heterocycles. The van der Waals surface area contributed by atoms with E-state index in [1.165, 1.54) is 0 Å². The van der Waals surface area contributed by atoms with Crippen LogP contribution in [0.5, 0.6) is 5.75 Å². The lowest BCUT2D eigenvalue weighted by Crippen LogP contribution is -2.87. The second-order valence-electron chi connectivity index (χ2n) is 6.28. The van der Waals surface area contributed by atoms with E-state index in [-0.39, 0.29) is 11.9 Å². The first-order chi connectivity index (χ1) is 12.2. The summed E-state index contributed by atoms with van der Waals surface area (Å²) in [5, 5.41) is 2.02. The molecule has 6 heteroatoms. The van der Waals surface area contributed by atoms with E-state index in [0.717, 1.165) is 43.4 Å². The van der Waals surface area contributed by atoms with Gasteiger partial charge in [0.1, 0.15) is 11.8 Å². The predicted octanol–water partition coefficient (Wildman–Crippen LogP) is 1.26. The molecule has 1 aromatic carbocycles. The van der Waals surface area contributed by atoms with E-state index in [9.17, 15) is 4.79 Å². The van der Waals surface area contributed by atoms with Crippen LogP contribution in [0.4, 0.5) is 5.69 Å². The van der Waals surface area contributed by atoms with E-state index in [4.69, 9.17) is 9.15 Å². The zero-order chi connectivity index (χ0) is 17.6. The molecule has 2 heterocycles. The highest BCUT2D eigenvalue weighted by molar-refractivity contribution is 5.77. The molecule has 6 nitrogen and oxygen atoms in total. The van der Waals surface area contributed by atoms with Gasteiger partial charge in [0.2, 0.25) is 0 Å². The highest BCUT2D eigenvalue weighted by Gasteiger charge is 2.24. The van der Waals surface area contributed by atoms with Gasteiger partial charge in [-0.1, -0.05) is 12.1 Å². The second-order valence-corrected chi connectivity index (χ2v) is 6.28. The maximum absolute atomic E-state index is 12.5. The van der Waals surface area contributed by atoms with Crippen molar-refractivity contribution >= 4 is 11.6 Å². The quantitative estimate of drug-likeness (QED) is 0.857. The van der Waals surface area contributed by atoms with Gasteiger partial charge in [0.05, 0.1) is 19.1 Å². The number of carbonyl (C=O) groups is 1. The van der Waals surface area contributed by atoms with Gasteiger partial charge in [0.25, 0.3) is 5.91 Å². The summed E-state index contributed by atoms with van der Waals surface area (Å²) in [7, 11) is 1.69. The minimum atomic E-state index is 0.147. The second kappa shape index (κ2) is 8.07. The largest absolute Gasteiger partial charge is 0.495 e. The van der Waals surface area contributed by atoms with E-state index < -0.39 is 0 Å². The number of hydrogen-bond acceptors (Lipinski definition) is 4. The molecule has 1 amide bonds. The third-order valence-electron chi connectivity index (χ3n) is 4.70. The first-order valence-corrected chi connectivity index (χ1v) is 8.71. The maximum atomic E-state index is 12.5. The van der Waals surface area contributed by atoms with Crippen molar-refractivity contribution in [2.75, 3.05) is 44.7 Å². The molecule has 1 fully saturated rings. The summed E-state index contributed by atoms with van der Waals surface area (Å²) < 4.78 is 10.8. The Hall–Kier alpha value is -2.47. The summed E-state index contributed by atoms with van der Waals surface area (Å²) in [4.78, 5) is 16.7. The zero-order valence-electron chi connectivity index (χ0n) is 14.9. The molecule has 134 valence electrons. The van der Waals surface area contributed by atoms with Crippen LogP contribution in [0.1, 0.15) is 18.7 Å². The number of anilines is 1. The SMILES string of the molecule is COc1ccccc1N1CCN(C(=O)C[NH2+][C@@H](C)c2ccco2)CC1. The Morgan fingerprint density at radius 1 is 1.20 bits per heavy atom. The number of benzene rings is 1. The number of para-hydroxylation sites is 2. The van der Waals surface area contributed by atoms with Gasteiger partial charge >= 0.3 is 0 Å². The maximum Gasteiger partial charge on any atom is 0.277 e. The summed E-state index contributed by atoms with van der Waals surface area (Å²) in [5.41, 5.74) is 1.09. The van der Waals surface area contributed by atoms with Gasteiger partial charge in [-0.25, -0.2) is 0 Å². The van der Waals surface area contributed by atoms with E-state index in [1.54, 1.807) is 13.4 Å². The number of amides is 1. The van der Waals surface area contributed by atoms with Gasteiger partial charge in [0.15, 0.2) is 12.3 Å². The molecule has 0 spiro atoms. The Morgan fingerprint density at radius 3 is 2.64 bits per heavy atom.